The summed E-state index contributed by atoms with van der Waals surface area (Å²) in [6, 6.07) is 3.52. The van der Waals surface area contributed by atoms with Gasteiger partial charge in [0.25, 0.3) is 0 Å². The van der Waals surface area contributed by atoms with Crippen molar-refractivity contribution < 1.29 is 14.3 Å². The van der Waals surface area contributed by atoms with Crippen LogP contribution in [0.2, 0.25) is 0 Å². The molecule has 0 spiro atoms. The van der Waals surface area contributed by atoms with Gasteiger partial charge in [-0.3, -0.25) is 9.69 Å². The lowest BCUT2D eigenvalue weighted by Crippen LogP contribution is -2.44. The van der Waals surface area contributed by atoms with Gasteiger partial charge in [0.05, 0.1) is 18.8 Å². The number of carbonyl (C=O) groups excluding carboxylic acids is 1. The van der Waals surface area contributed by atoms with E-state index in [-0.39, 0.29) is 18.6 Å². The third kappa shape index (κ3) is 2.91. The van der Waals surface area contributed by atoms with Crippen LogP contribution >= 0.6 is 0 Å². The molecule has 1 aromatic heterocycles. The molecular weight excluding hydrogens is 232 g/mol. The highest BCUT2D eigenvalue weighted by molar-refractivity contribution is 5.81. The van der Waals surface area contributed by atoms with Crippen LogP contribution in [-0.2, 0) is 11.3 Å². The Morgan fingerprint density at radius 2 is 2.33 bits per heavy atom. The first kappa shape index (κ1) is 13.1. The summed E-state index contributed by atoms with van der Waals surface area (Å²) in [5.74, 6) is 0.948. The number of aliphatic hydroxyl groups is 1. The minimum atomic E-state index is -0.243. The number of furan rings is 1. The molecule has 5 heteroatoms. The van der Waals surface area contributed by atoms with Gasteiger partial charge in [0.15, 0.2) is 0 Å². The molecule has 1 saturated heterocycles. The summed E-state index contributed by atoms with van der Waals surface area (Å²) in [6.45, 7) is 2.27. The number of hydrogen-bond donors (Lipinski definition) is 1. The Hall–Kier alpha value is -1.33. The minimum absolute atomic E-state index is 0.0267. The van der Waals surface area contributed by atoms with Gasteiger partial charge in [-0.15, -0.1) is 0 Å². The van der Waals surface area contributed by atoms with E-state index in [1.54, 1.807) is 11.2 Å². The molecule has 0 saturated carbocycles. The Kier molecular flexibility index (Phi) is 4.38. The summed E-state index contributed by atoms with van der Waals surface area (Å²) in [5.41, 5.74) is 0. The largest absolute Gasteiger partial charge is 0.468 e. The number of aliphatic hydroxyl groups excluding tert-OH is 1. The second-order valence-electron chi connectivity index (χ2n) is 4.69. The fourth-order valence-corrected chi connectivity index (χ4v) is 2.41. The van der Waals surface area contributed by atoms with Crippen LogP contribution in [0.4, 0.5) is 0 Å². The first-order valence-electron chi connectivity index (χ1n) is 6.34. The van der Waals surface area contributed by atoms with Gasteiger partial charge in [0, 0.05) is 26.7 Å². The van der Waals surface area contributed by atoms with Crippen LogP contribution in [-0.4, -0.2) is 53.6 Å². The predicted octanol–water partition coefficient (Wildman–Crippen LogP) is 0.695. The van der Waals surface area contributed by atoms with Crippen LogP contribution in [0, 0.1) is 0 Å². The van der Waals surface area contributed by atoms with E-state index in [1.807, 2.05) is 19.2 Å². The molecular formula is C13H20N2O3. The molecule has 2 rings (SSSR count). The Balaban J connectivity index is 2.11. The van der Waals surface area contributed by atoms with E-state index in [0.717, 1.165) is 25.3 Å². The van der Waals surface area contributed by atoms with Crippen LogP contribution in [0.15, 0.2) is 22.8 Å². The molecule has 1 N–H and O–H groups in total. The fraction of sp³-hybridized carbons (Fsp3) is 0.615. The number of likely N-dealkylation sites (N-methyl/N-ethyl adjacent to an activating group) is 1. The topological polar surface area (TPSA) is 56.9 Å². The number of hydrogen-bond acceptors (Lipinski definition) is 4. The maximum Gasteiger partial charge on any atom is 0.239 e. The molecule has 5 nitrogen and oxygen atoms in total. The quantitative estimate of drug-likeness (QED) is 0.857. The lowest BCUT2D eigenvalue weighted by atomic mass is 10.1. The van der Waals surface area contributed by atoms with Crippen molar-refractivity contribution in [1.82, 2.24) is 9.80 Å². The monoisotopic (exact) mass is 252 g/mol. The van der Waals surface area contributed by atoms with Crippen molar-refractivity contribution in [2.75, 3.05) is 26.7 Å². The van der Waals surface area contributed by atoms with E-state index in [2.05, 4.69) is 4.90 Å². The first-order chi connectivity index (χ1) is 8.72. The van der Waals surface area contributed by atoms with Crippen molar-refractivity contribution in [3.05, 3.63) is 24.2 Å². The van der Waals surface area contributed by atoms with Gasteiger partial charge in [-0.2, -0.15) is 0 Å². The third-order valence-corrected chi connectivity index (χ3v) is 3.38. The highest BCUT2D eigenvalue weighted by Crippen LogP contribution is 2.17. The average molecular weight is 252 g/mol. The molecule has 2 heterocycles. The summed E-state index contributed by atoms with van der Waals surface area (Å²) < 4.78 is 5.34. The maximum absolute atomic E-state index is 12.2. The molecule has 0 bridgehead atoms. The average Bonchev–Trinajstić information content (AvgIpc) is 2.82. The summed E-state index contributed by atoms with van der Waals surface area (Å²) in [4.78, 5) is 16.1. The van der Waals surface area contributed by atoms with Gasteiger partial charge in [-0.1, -0.05) is 0 Å². The molecule has 0 radical (unpaired) electrons. The zero-order valence-electron chi connectivity index (χ0n) is 10.7. The zero-order chi connectivity index (χ0) is 13.0. The van der Waals surface area contributed by atoms with Crippen molar-refractivity contribution in [1.29, 1.82) is 0 Å². The molecule has 1 aliphatic rings. The Morgan fingerprint density at radius 3 is 3.00 bits per heavy atom. The lowest BCUT2D eigenvalue weighted by Gasteiger charge is -2.28. The molecule has 1 atom stereocenters. The van der Waals surface area contributed by atoms with Gasteiger partial charge in [-0.05, 0) is 25.0 Å². The third-order valence-electron chi connectivity index (χ3n) is 3.38. The molecule has 0 aromatic carbocycles. The van der Waals surface area contributed by atoms with Crippen LogP contribution in [0.3, 0.4) is 0 Å². The molecule has 0 aliphatic carbocycles. The highest BCUT2D eigenvalue weighted by atomic mass is 16.3. The van der Waals surface area contributed by atoms with E-state index >= 15 is 0 Å². The number of carbonyl (C=O) groups is 1. The predicted molar refractivity (Wildman–Crippen MR) is 66.9 cm³/mol. The number of nitrogens with zero attached hydrogens (tertiary/aromatic N) is 2. The van der Waals surface area contributed by atoms with Crippen LogP contribution < -0.4 is 0 Å². The summed E-state index contributed by atoms with van der Waals surface area (Å²) in [7, 11) is 1.82. The van der Waals surface area contributed by atoms with Gasteiger partial charge >= 0.3 is 0 Å². The van der Waals surface area contributed by atoms with E-state index in [1.165, 1.54) is 0 Å². The van der Waals surface area contributed by atoms with Crippen molar-refractivity contribution in [2.45, 2.75) is 25.4 Å². The lowest BCUT2D eigenvalue weighted by molar-refractivity contribution is -0.135. The molecule has 18 heavy (non-hydrogen) atoms. The molecule has 1 aliphatic heterocycles. The highest BCUT2D eigenvalue weighted by Gasteiger charge is 2.30. The van der Waals surface area contributed by atoms with Crippen molar-refractivity contribution in [3.63, 3.8) is 0 Å². The smallest absolute Gasteiger partial charge is 0.239 e. The van der Waals surface area contributed by atoms with E-state index in [0.29, 0.717) is 13.0 Å². The van der Waals surface area contributed by atoms with Gasteiger partial charge in [0.1, 0.15) is 5.76 Å². The Labute approximate surface area is 107 Å². The maximum atomic E-state index is 12.2. The van der Waals surface area contributed by atoms with E-state index in [9.17, 15) is 4.79 Å². The minimum Gasteiger partial charge on any atom is -0.468 e. The van der Waals surface area contributed by atoms with Crippen molar-refractivity contribution in [2.24, 2.45) is 0 Å². The second-order valence-corrected chi connectivity index (χ2v) is 4.69. The van der Waals surface area contributed by atoms with Crippen LogP contribution in [0.1, 0.15) is 18.6 Å². The standard InChI is InChI=1S/C13H20N2O3/c1-14-6-3-7-15(10-11-4-2-9-18-11)12(5-8-16)13(14)17/h2,4,9,12,16H,3,5-8,10H2,1H3. The second kappa shape index (κ2) is 6.02. The van der Waals surface area contributed by atoms with Gasteiger partial charge in [0.2, 0.25) is 5.91 Å². The van der Waals surface area contributed by atoms with Crippen LogP contribution in [0.5, 0.6) is 0 Å². The molecule has 1 amide bonds. The van der Waals surface area contributed by atoms with Gasteiger partial charge < -0.3 is 14.4 Å². The zero-order valence-corrected chi connectivity index (χ0v) is 10.7. The van der Waals surface area contributed by atoms with E-state index < -0.39 is 0 Å². The molecule has 100 valence electrons. The van der Waals surface area contributed by atoms with Gasteiger partial charge in [-0.25, -0.2) is 0 Å². The Morgan fingerprint density at radius 1 is 1.50 bits per heavy atom. The molecule has 1 fully saturated rings. The fourth-order valence-electron chi connectivity index (χ4n) is 2.41. The number of rotatable bonds is 4. The SMILES string of the molecule is CN1CCCN(Cc2ccco2)C(CCO)C1=O. The summed E-state index contributed by atoms with van der Waals surface area (Å²) in [6.07, 6.45) is 3.07. The van der Waals surface area contributed by atoms with Crippen LogP contribution in [0.25, 0.3) is 0 Å². The van der Waals surface area contributed by atoms with Crippen molar-refractivity contribution in [3.8, 4) is 0 Å². The van der Waals surface area contributed by atoms with Crippen molar-refractivity contribution >= 4 is 5.91 Å². The normalized spacial score (nSPS) is 22.2. The first-order valence-corrected chi connectivity index (χ1v) is 6.34. The summed E-state index contributed by atoms with van der Waals surface area (Å²) >= 11 is 0. The number of amides is 1. The summed E-state index contributed by atoms with van der Waals surface area (Å²) in [5, 5.41) is 9.14. The Bertz CT molecular complexity index is 378. The molecule has 1 unspecified atom stereocenters. The van der Waals surface area contributed by atoms with E-state index in [4.69, 9.17) is 9.52 Å². The molecule has 1 aromatic rings.